The molecule has 1 aromatic carbocycles. The van der Waals surface area contributed by atoms with Crippen molar-refractivity contribution in [3.8, 4) is 0 Å². The first-order chi connectivity index (χ1) is 13.1. The van der Waals surface area contributed by atoms with Gasteiger partial charge in [0.25, 0.3) is 11.5 Å². The molecule has 0 aliphatic heterocycles. The number of nitrogens with one attached hydrogen (secondary N) is 2. The minimum absolute atomic E-state index is 0.117. The lowest BCUT2D eigenvalue weighted by molar-refractivity contribution is -0.607. The van der Waals surface area contributed by atoms with E-state index in [1.165, 1.54) is 18.3 Å². The van der Waals surface area contributed by atoms with Gasteiger partial charge in [0, 0.05) is 30.5 Å². The fourth-order valence-electron chi connectivity index (χ4n) is 3.17. The second kappa shape index (κ2) is 8.15. The SMILES string of the molecule is NCCCNc1ccc(NCCCN)c2c1C(=O)c1ccc[n+]([O-])c1C2=O. The zero-order valence-electron chi connectivity index (χ0n) is 15.0. The van der Waals surface area contributed by atoms with Crippen LogP contribution >= 0.6 is 0 Å². The Hall–Kier alpha value is -2.97. The van der Waals surface area contributed by atoms with Crippen LogP contribution in [0, 0.1) is 5.21 Å². The van der Waals surface area contributed by atoms with Crippen LogP contribution < -0.4 is 26.8 Å². The number of anilines is 2. The Kier molecular flexibility index (Phi) is 5.68. The molecule has 6 N–H and O–H groups in total. The van der Waals surface area contributed by atoms with E-state index in [0.29, 0.717) is 48.7 Å². The van der Waals surface area contributed by atoms with Gasteiger partial charge in [-0.25, -0.2) is 0 Å². The summed E-state index contributed by atoms with van der Waals surface area (Å²) in [6.07, 6.45) is 2.66. The molecule has 1 aromatic heterocycles. The Balaban J connectivity index is 2.11. The Morgan fingerprint density at radius 2 is 1.44 bits per heavy atom. The van der Waals surface area contributed by atoms with Crippen LogP contribution in [0.5, 0.6) is 0 Å². The Bertz CT molecular complexity index is 882. The Morgan fingerprint density at radius 1 is 0.889 bits per heavy atom. The molecular weight excluding hydrogens is 346 g/mol. The third kappa shape index (κ3) is 3.49. The van der Waals surface area contributed by atoms with E-state index in [1.807, 2.05) is 0 Å². The quantitative estimate of drug-likeness (QED) is 0.259. The van der Waals surface area contributed by atoms with Gasteiger partial charge < -0.3 is 27.3 Å². The van der Waals surface area contributed by atoms with Crippen LogP contribution in [-0.4, -0.2) is 37.7 Å². The van der Waals surface area contributed by atoms with E-state index in [2.05, 4.69) is 10.6 Å². The number of rotatable bonds is 8. The maximum atomic E-state index is 13.1. The number of aromatic nitrogens is 1. The number of pyridine rings is 1. The summed E-state index contributed by atoms with van der Waals surface area (Å²) in [6.45, 7) is 2.15. The lowest BCUT2D eigenvalue weighted by Crippen LogP contribution is -2.40. The number of hydrogen-bond acceptors (Lipinski definition) is 7. The van der Waals surface area contributed by atoms with E-state index in [9.17, 15) is 14.8 Å². The number of ketones is 2. The first-order valence-corrected chi connectivity index (χ1v) is 8.96. The second-order valence-corrected chi connectivity index (χ2v) is 6.30. The van der Waals surface area contributed by atoms with E-state index >= 15 is 0 Å². The Labute approximate surface area is 157 Å². The van der Waals surface area contributed by atoms with Gasteiger partial charge in [-0.15, -0.1) is 0 Å². The van der Waals surface area contributed by atoms with Gasteiger partial charge in [-0.05, 0) is 44.1 Å². The summed E-state index contributed by atoms with van der Waals surface area (Å²) in [5.41, 5.74) is 12.6. The van der Waals surface area contributed by atoms with Crippen LogP contribution in [-0.2, 0) is 0 Å². The first kappa shape index (κ1) is 18.8. The molecule has 1 aliphatic carbocycles. The average molecular weight is 369 g/mol. The minimum Gasteiger partial charge on any atom is -0.618 e. The van der Waals surface area contributed by atoms with Crippen molar-refractivity contribution in [3.63, 3.8) is 0 Å². The molecule has 3 rings (SSSR count). The van der Waals surface area contributed by atoms with Crippen molar-refractivity contribution in [2.75, 3.05) is 36.8 Å². The smallest absolute Gasteiger partial charge is 0.276 e. The molecule has 8 heteroatoms. The lowest BCUT2D eigenvalue weighted by Gasteiger charge is -2.22. The Morgan fingerprint density at radius 3 is 2.00 bits per heavy atom. The first-order valence-electron chi connectivity index (χ1n) is 8.96. The van der Waals surface area contributed by atoms with Crippen LogP contribution in [0.4, 0.5) is 11.4 Å². The summed E-state index contributed by atoms with van der Waals surface area (Å²) in [7, 11) is 0. The van der Waals surface area contributed by atoms with E-state index in [1.54, 1.807) is 12.1 Å². The minimum atomic E-state index is -0.465. The van der Waals surface area contributed by atoms with Crippen molar-refractivity contribution in [2.24, 2.45) is 11.5 Å². The molecule has 0 radical (unpaired) electrons. The fraction of sp³-hybridized carbons (Fsp3) is 0.316. The highest BCUT2D eigenvalue weighted by molar-refractivity contribution is 6.30. The largest absolute Gasteiger partial charge is 0.618 e. The molecule has 0 saturated carbocycles. The van der Waals surface area contributed by atoms with Crippen LogP contribution in [0.15, 0.2) is 30.5 Å². The number of carbonyl (C=O) groups is 2. The van der Waals surface area contributed by atoms with Gasteiger partial charge in [-0.1, -0.05) is 0 Å². The van der Waals surface area contributed by atoms with Crippen molar-refractivity contribution in [1.82, 2.24) is 0 Å². The van der Waals surface area contributed by atoms with Crippen LogP contribution in [0.3, 0.4) is 0 Å². The fourth-order valence-corrected chi connectivity index (χ4v) is 3.17. The van der Waals surface area contributed by atoms with Crippen molar-refractivity contribution >= 4 is 22.9 Å². The van der Waals surface area contributed by atoms with Crippen molar-refractivity contribution in [2.45, 2.75) is 12.8 Å². The topological polar surface area (TPSA) is 137 Å². The zero-order chi connectivity index (χ0) is 19.4. The molecule has 0 fully saturated rings. The molecule has 27 heavy (non-hydrogen) atoms. The highest BCUT2D eigenvalue weighted by atomic mass is 16.5. The van der Waals surface area contributed by atoms with Gasteiger partial charge in [0.1, 0.15) is 0 Å². The number of carbonyl (C=O) groups excluding carboxylic acids is 2. The molecule has 1 aliphatic rings. The molecule has 0 saturated heterocycles. The summed E-state index contributed by atoms with van der Waals surface area (Å²) < 4.78 is 0.455. The summed E-state index contributed by atoms with van der Waals surface area (Å²) >= 11 is 0. The normalized spacial score (nSPS) is 12.5. The van der Waals surface area contributed by atoms with Gasteiger partial charge in [0.15, 0.2) is 6.20 Å². The predicted molar refractivity (Wildman–Crippen MR) is 103 cm³/mol. The monoisotopic (exact) mass is 369 g/mol. The van der Waals surface area contributed by atoms with Crippen LogP contribution in [0.2, 0.25) is 0 Å². The molecule has 0 amide bonds. The summed E-state index contributed by atoms with van der Waals surface area (Å²) in [5, 5.41) is 18.5. The number of fused-ring (bicyclic) bond motifs is 2. The van der Waals surface area contributed by atoms with E-state index in [4.69, 9.17) is 11.5 Å². The highest BCUT2D eigenvalue weighted by Crippen LogP contribution is 2.35. The van der Waals surface area contributed by atoms with Crippen molar-refractivity contribution in [1.29, 1.82) is 0 Å². The molecule has 8 nitrogen and oxygen atoms in total. The van der Waals surface area contributed by atoms with Gasteiger partial charge >= 0.3 is 0 Å². The number of nitrogens with two attached hydrogens (primary N) is 2. The third-order valence-corrected chi connectivity index (χ3v) is 4.47. The predicted octanol–water partition coefficient (Wildman–Crippen LogP) is 0.617. The molecule has 0 unspecified atom stereocenters. The highest BCUT2D eigenvalue weighted by Gasteiger charge is 2.39. The van der Waals surface area contributed by atoms with Crippen molar-refractivity contribution in [3.05, 3.63) is 58.1 Å². The van der Waals surface area contributed by atoms with Crippen LogP contribution in [0.25, 0.3) is 0 Å². The number of nitrogens with zero attached hydrogens (tertiary/aromatic N) is 1. The van der Waals surface area contributed by atoms with Crippen LogP contribution in [0.1, 0.15) is 44.8 Å². The number of hydrogen-bond donors (Lipinski definition) is 4. The maximum Gasteiger partial charge on any atom is 0.276 e. The van der Waals surface area contributed by atoms with Gasteiger partial charge in [-0.2, -0.15) is 4.73 Å². The molecular formula is C19H23N5O3. The second-order valence-electron chi connectivity index (χ2n) is 6.30. The summed E-state index contributed by atoms with van der Waals surface area (Å²) in [6, 6.07) is 6.48. The maximum absolute atomic E-state index is 13.1. The molecule has 0 atom stereocenters. The number of benzene rings is 1. The van der Waals surface area contributed by atoms with Crippen molar-refractivity contribution < 1.29 is 14.3 Å². The van der Waals surface area contributed by atoms with Gasteiger partial charge in [0.2, 0.25) is 5.78 Å². The molecule has 2 aromatic rings. The zero-order valence-corrected chi connectivity index (χ0v) is 15.0. The summed E-state index contributed by atoms with van der Waals surface area (Å²) in [4.78, 5) is 26.2. The molecule has 1 heterocycles. The lowest BCUT2D eigenvalue weighted by atomic mass is 9.84. The standard InChI is InChI=1S/C19H23N5O3/c20-7-2-9-22-13-5-6-14(23-10-3-8-21)16-15(13)18(25)12-4-1-11-24(27)17(12)19(16)26/h1,4-6,11,22-23H,2-3,7-10,20-21H2. The van der Waals surface area contributed by atoms with Gasteiger partial charge in [0.05, 0.1) is 16.7 Å². The summed E-state index contributed by atoms with van der Waals surface area (Å²) in [5.74, 6) is -0.810. The molecule has 0 spiro atoms. The van der Waals surface area contributed by atoms with Gasteiger partial charge in [-0.3, -0.25) is 9.59 Å². The molecule has 0 bridgehead atoms. The van der Waals surface area contributed by atoms with E-state index in [-0.39, 0.29) is 28.2 Å². The third-order valence-electron chi connectivity index (χ3n) is 4.47. The van der Waals surface area contributed by atoms with E-state index < -0.39 is 5.78 Å². The average Bonchev–Trinajstić information content (AvgIpc) is 2.66. The molecule has 142 valence electrons. The van der Waals surface area contributed by atoms with E-state index in [0.717, 1.165) is 6.42 Å².